The number of nitrogens with two attached hydrogens (primary N) is 2. The van der Waals surface area contributed by atoms with E-state index in [9.17, 15) is 4.79 Å². The first-order chi connectivity index (χ1) is 5.07. The van der Waals surface area contributed by atoms with Gasteiger partial charge in [-0.05, 0) is 11.6 Å². The minimum Gasteiger partial charge on any atom is -0.478 e. The summed E-state index contributed by atoms with van der Waals surface area (Å²) < 4.78 is 0. The molecule has 6 heteroatoms. The van der Waals surface area contributed by atoms with Crippen LogP contribution in [-0.4, -0.2) is 23.1 Å². The first-order valence-corrected chi connectivity index (χ1v) is 3.05. The van der Waals surface area contributed by atoms with Gasteiger partial charge < -0.3 is 21.4 Å². The van der Waals surface area contributed by atoms with Gasteiger partial charge in [0, 0.05) is 0 Å². The summed E-state index contributed by atoms with van der Waals surface area (Å²) in [6.07, 6.45) is -0.663. The Balaban J connectivity index is 3.89. The number of hydrogen-bond donors (Lipinski definition) is 3. The van der Waals surface area contributed by atoms with Crippen LogP contribution in [0.3, 0.4) is 0 Å². The maximum atomic E-state index is 10.3. The molecule has 0 saturated carbocycles. The van der Waals surface area contributed by atoms with E-state index in [-0.39, 0.29) is 5.96 Å². The van der Waals surface area contributed by atoms with Crippen molar-refractivity contribution in [1.82, 2.24) is 0 Å². The first-order valence-electron chi connectivity index (χ1n) is 3.05. The molecule has 0 aromatic carbocycles. The zero-order valence-electron chi connectivity index (χ0n) is 6.15. The third-order valence-corrected chi connectivity index (χ3v) is 0.932. The fourth-order valence-electron chi connectivity index (χ4n) is 0.419. The third kappa shape index (κ3) is 4.01. The Labute approximate surface area is 63.8 Å². The van der Waals surface area contributed by atoms with Crippen LogP contribution in [0.15, 0.2) is 5.16 Å². The predicted octanol–water partition coefficient (Wildman–Crippen LogP) is -0.945. The molecule has 0 saturated heterocycles. The second-order valence-corrected chi connectivity index (χ2v) is 1.86. The summed E-state index contributed by atoms with van der Waals surface area (Å²) in [5, 5.41) is 11.5. The van der Waals surface area contributed by atoms with Gasteiger partial charge in [-0.3, -0.25) is 0 Å². The fourth-order valence-corrected chi connectivity index (χ4v) is 0.419. The maximum absolute atomic E-state index is 10.3. The molecule has 0 amide bonds. The second-order valence-electron chi connectivity index (χ2n) is 1.86. The molecule has 0 rings (SSSR count). The van der Waals surface area contributed by atoms with E-state index in [1.54, 1.807) is 6.92 Å². The average molecular weight is 161 g/mol. The lowest BCUT2D eigenvalue weighted by molar-refractivity contribution is -0.150. The highest BCUT2D eigenvalue weighted by molar-refractivity contribution is 5.75. The predicted molar refractivity (Wildman–Crippen MR) is 38.6 cm³/mol. The smallest absolute Gasteiger partial charge is 0.347 e. The van der Waals surface area contributed by atoms with Gasteiger partial charge in [-0.25, -0.2) is 4.79 Å². The number of guanidine groups is 1. The maximum Gasteiger partial charge on any atom is 0.347 e. The van der Waals surface area contributed by atoms with Crippen molar-refractivity contribution in [3.8, 4) is 0 Å². The van der Waals surface area contributed by atoms with Gasteiger partial charge in [0.1, 0.15) is 0 Å². The van der Waals surface area contributed by atoms with E-state index in [4.69, 9.17) is 16.6 Å². The first kappa shape index (κ1) is 9.54. The molecule has 0 aromatic heterocycles. The van der Waals surface area contributed by atoms with Crippen molar-refractivity contribution < 1.29 is 14.7 Å². The molecule has 0 bridgehead atoms. The van der Waals surface area contributed by atoms with E-state index >= 15 is 0 Å². The molecule has 6 nitrogen and oxygen atoms in total. The molecule has 1 atom stereocenters. The topological polar surface area (TPSA) is 111 Å². The van der Waals surface area contributed by atoms with Crippen molar-refractivity contribution in [2.75, 3.05) is 0 Å². The second kappa shape index (κ2) is 4.37. The fraction of sp³-hybridized carbons (Fsp3) is 0.600. The van der Waals surface area contributed by atoms with Crippen LogP contribution in [-0.2, 0) is 9.63 Å². The number of carbonyl (C=O) groups is 1. The molecule has 1 unspecified atom stereocenters. The molecule has 0 heterocycles. The summed E-state index contributed by atoms with van der Waals surface area (Å²) >= 11 is 0. The van der Waals surface area contributed by atoms with Gasteiger partial charge in [-0.1, -0.05) is 6.92 Å². The summed E-state index contributed by atoms with van der Waals surface area (Å²) in [4.78, 5) is 14.7. The molecule has 5 N–H and O–H groups in total. The molecule has 0 aliphatic carbocycles. The number of rotatable bonds is 4. The van der Waals surface area contributed by atoms with Crippen LogP contribution in [0, 0.1) is 0 Å². The van der Waals surface area contributed by atoms with Crippen LogP contribution in [0.4, 0.5) is 0 Å². The highest BCUT2D eigenvalue weighted by Crippen LogP contribution is 1.97. The van der Waals surface area contributed by atoms with Crippen molar-refractivity contribution in [3.05, 3.63) is 0 Å². The third-order valence-electron chi connectivity index (χ3n) is 0.932. The number of oxime groups is 1. The van der Waals surface area contributed by atoms with E-state index < -0.39 is 12.1 Å². The molecule has 0 aliphatic heterocycles. The summed E-state index contributed by atoms with van der Waals surface area (Å²) in [6.45, 7) is 1.65. The van der Waals surface area contributed by atoms with Crippen molar-refractivity contribution in [2.24, 2.45) is 16.6 Å². The molecule has 0 aliphatic rings. The van der Waals surface area contributed by atoms with Crippen LogP contribution in [0.1, 0.15) is 13.3 Å². The van der Waals surface area contributed by atoms with E-state index in [0.29, 0.717) is 6.42 Å². The zero-order valence-corrected chi connectivity index (χ0v) is 6.15. The number of carboxylic acid groups (broad SMARTS) is 1. The van der Waals surface area contributed by atoms with Gasteiger partial charge in [-0.15, -0.1) is 0 Å². The Hall–Kier alpha value is -1.46. The number of hydrogen-bond acceptors (Lipinski definition) is 3. The van der Waals surface area contributed by atoms with Crippen molar-refractivity contribution >= 4 is 11.9 Å². The van der Waals surface area contributed by atoms with Crippen molar-refractivity contribution in [2.45, 2.75) is 19.4 Å². The number of aliphatic carboxylic acids is 1. The molecule has 0 aromatic rings. The Kier molecular flexibility index (Phi) is 3.79. The highest BCUT2D eigenvalue weighted by atomic mass is 16.6. The minimum atomic E-state index is -1.09. The SMILES string of the molecule is CCC(ON=C(N)N)C(=O)O. The summed E-state index contributed by atoms with van der Waals surface area (Å²) in [6, 6.07) is 0. The Morgan fingerprint density at radius 3 is 2.55 bits per heavy atom. The van der Waals surface area contributed by atoms with Gasteiger partial charge >= 0.3 is 5.97 Å². The normalized spacial score (nSPS) is 11.7. The van der Waals surface area contributed by atoms with E-state index in [1.807, 2.05) is 0 Å². The Morgan fingerprint density at radius 1 is 1.73 bits per heavy atom. The van der Waals surface area contributed by atoms with Crippen LogP contribution >= 0.6 is 0 Å². The molecular formula is C5H11N3O3. The molecular weight excluding hydrogens is 150 g/mol. The summed E-state index contributed by atoms with van der Waals surface area (Å²) in [5.74, 6) is -1.37. The van der Waals surface area contributed by atoms with Crippen LogP contribution in [0.5, 0.6) is 0 Å². The standard InChI is InChI=1S/C5H11N3O3/c1-2-3(4(9)10)11-8-5(6)7/h3H,2H2,1H3,(H,9,10)(H4,6,7,8). The van der Waals surface area contributed by atoms with Gasteiger partial charge in [0.25, 0.3) is 0 Å². The molecule has 64 valence electrons. The van der Waals surface area contributed by atoms with Crippen LogP contribution < -0.4 is 11.5 Å². The van der Waals surface area contributed by atoms with Gasteiger partial charge in [0.05, 0.1) is 0 Å². The lowest BCUT2D eigenvalue weighted by Crippen LogP contribution is -2.26. The highest BCUT2D eigenvalue weighted by Gasteiger charge is 2.15. The zero-order chi connectivity index (χ0) is 8.85. The van der Waals surface area contributed by atoms with E-state index in [2.05, 4.69) is 9.99 Å². The van der Waals surface area contributed by atoms with Crippen molar-refractivity contribution in [1.29, 1.82) is 0 Å². The molecule has 0 fully saturated rings. The monoisotopic (exact) mass is 161 g/mol. The lowest BCUT2D eigenvalue weighted by Gasteiger charge is -2.06. The average Bonchev–Trinajstić information content (AvgIpc) is 1.87. The van der Waals surface area contributed by atoms with E-state index in [1.165, 1.54) is 0 Å². The van der Waals surface area contributed by atoms with E-state index in [0.717, 1.165) is 0 Å². The number of nitrogens with zero attached hydrogens (tertiary/aromatic N) is 1. The quantitative estimate of drug-likeness (QED) is 0.280. The lowest BCUT2D eigenvalue weighted by atomic mass is 10.3. The molecule has 0 radical (unpaired) electrons. The van der Waals surface area contributed by atoms with Gasteiger partial charge in [-0.2, -0.15) is 0 Å². The van der Waals surface area contributed by atoms with Crippen LogP contribution in [0.25, 0.3) is 0 Å². The van der Waals surface area contributed by atoms with Crippen LogP contribution in [0.2, 0.25) is 0 Å². The largest absolute Gasteiger partial charge is 0.478 e. The molecule has 11 heavy (non-hydrogen) atoms. The summed E-state index contributed by atoms with van der Waals surface area (Å²) in [7, 11) is 0. The van der Waals surface area contributed by atoms with Gasteiger partial charge in [0.15, 0.2) is 0 Å². The Morgan fingerprint density at radius 2 is 2.27 bits per heavy atom. The minimum absolute atomic E-state index is 0.287. The number of carboxylic acids is 1. The van der Waals surface area contributed by atoms with Crippen molar-refractivity contribution in [3.63, 3.8) is 0 Å². The van der Waals surface area contributed by atoms with Gasteiger partial charge in [0.2, 0.25) is 12.1 Å². The molecule has 0 spiro atoms. The Bertz CT molecular complexity index is 164. The summed E-state index contributed by atoms with van der Waals surface area (Å²) in [5.41, 5.74) is 9.81.